The van der Waals surface area contributed by atoms with Gasteiger partial charge in [-0.2, -0.15) is 0 Å². The first kappa shape index (κ1) is 16.7. The Labute approximate surface area is 143 Å². The van der Waals surface area contributed by atoms with Crippen molar-refractivity contribution in [3.63, 3.8) is 0 Å². The molecule has 1 amide bonds. The number of amides is 1. The van der Waals surface area contributed by atoms with E-state index in [1.807, 2.05) is 24.3 Å². The molecule has 0 spiro atoms. The number of hydrogen-bond donors (Lipinski definition) is 1. The molecule has 1 aliphatic heterocycles. The van der Waals surface area contributed by atoms with Gasteiger partial charge in [-0.3, -0.25) is 9.59 Å². The third-order valence-electron chi connectivity index (χ3n) is 5.26. The standard InChI is InChI=1S/C20H25NO3/c1-3-4-9-21-18(22)16-7-5-15(6-8-16)12-20-11-14(2)10-17(20)13-24-19(20)23/h5-8,17H,2-4,9-13H2,1H3,(H,21,22). The number of hydrogen-bond acceptors (Lipinski definition) is 3. The Kier molecular flexibility index (Phi) is 4.74. The summed E-state index contributed by atoms with van der Waals surface area (Å²) >= 11 is 0. The zero-order chi connectivity index (χ0) is 17.2. The number of ether oxygens (including phenoxy) is 1. The monoisotopic (exact) mass is 327 g/mol. The van der Waals surface area contributed by atoms with Gasteiger partial charge in [0.25, 0.3) is 5.91 Å². The van der Waals surface area contributed by atoms with Crippen molar-refractivity contribution >= 4 is 11.9 Å². The summed E-state index contributed by atoms with van der Waals surface area (Å²) in [7, 11) is 0. The Bertz CT molecular complexity index is 649. The van der Waals surface area contributed by atoms with Gasteiger partial charge in [-0.05, 0) is 43.4 Å². The smallest absolute Gasteiger partial charge is 0.313 e. The van der Waals surface area contributed by atoms with Crippen LogP contribution in [0.15, 0.2) is 36.4 Å². The van der Waals surface area contributed by atoms with Gasteiger partial charge in [0, 0.05) is 18.0 Å². The molecule has 128 valence electrons. The molecule has 0 aromatic heterocycles. The predicted octanol–water partition coefficient (Wildman–Crippen LogP) is 3.27. The van der Waals surface area contributed by atoms with Gasteiger partial charge in [0.2, 0.25) is 0 Å². The van der Waals surface area contributed by atoms with Crippen molar-refractivity contribution in [1.29, 1.82) is 0 Å². The number of unbranched alkanes of at least 4 members (excludes halogenated alkanes) is 1. The van der Waals surface area contributed by atoms with Gasteiger partial charge in [0.15, 0.2) is 0 Å². The molecule has 0 radical (unpaired) electrons. The van der Waals surface area contributed by atoms with Crippen LogP contribution >= 0.6 is 0 Å². The van der Waals surface area contributed by atoms with E-state index in [0.717, 1.165) is 36.8 Å². The number of esters is 1. The van der Waals surface area contributed by atoms with Gasteiger partial charge in [0.1, 0.15) is 0 Å². The van der Waals surface area contributed by atoms with Crippen molar-refractivity contribution in [2.24, 2.45) is 11.3 Å². The maximum Gasteiger partial charge on any atom is 0.313 e. The topological polar surface area (TPSA) is 55.4 Å². The molecule has 2 unspecified atom stereocenters. The minimum Gasteiger partial charge on any atom is -0.465 e. The Morgan fingerprint density at radius 1 is 1.38 bits per heavy atom. The molecule has 1 saturated heterocycles. The Morgan fingerprint density at radius 3 is 2.83 bits per heavy atom. The highest BCUT2D eigenvalue weighted by Gasteiger charge is 2.55. The molecule has 1 N–H and O–H groups in total. The van der Waals surface area contributed by atoms with Gasteiger partial charge in [0.05, 0.1) is 12.0 Å². The maximum atomic E-state index is 12.3. The Balaban J connectivity index is 1.69. The van der Waals surface area contributed by atoms with Crippen LogP contribution in [0.2, 0.25) is 0 Å². The van der Waals surface area contributed by atoms with E-state index in [1.54, 1.807) is 0 Å². The molecule has 1 aromatic rings. The van der Waals surface area contributed by atoms with Crippen molar-refractivity contribution < 1.29 is 14.3 Å². The number of cyclic esters (lactones) is 1. The summed E-state index contributed by atoms with van der Waals surface area (Å²) in [6.07, 6.45) is 4.30. The SMILES string of the molecule is C=C1CC2COC(=O)C2(Cc2ccc(C(=O)NCCCC)cc2)C1. The van der Waals surface area contributed by atoms with E-state index in [0.29, 0.717) is 25.1 Å². The number of nitrogens with one attached hydrogen (secondary N) is 1. The summed E-state index contributed by atoms with van der Waals surface area (Å²) in [5.74, 6) is 0.114. The second kappa shape index (κ2) is 6.80. The molecule has 1 aromatic carbocycles. The molecule has 4 heteroatoms. The Hall–Kier alpha value is -2.10. The lowest BCUT2D eigenvalue weighted by Crippen LogP contribution is -2.31. The van der Waals surface area contributed by atoms with Crippen LogP contribution in [0, 0.1) is 11.3 Å². The normalized spacial score (nSPS) is 25.5. The second-order valence-corrected chi connectivity index (χ2v) is 7.07. The molecule has 1 aliphatic carbocycles. The van der Waals surface area contributed by atoms with Gasteiger partial charge in [-0.1, -0.05) is 37.6 Å². The minimum absolute atomic E-state index is 0.0411. The first-order chi connectivity index (χ1) is 11.5. The molecular weight excluding hydrogens is 302 g/mol. The molecule has 24 heavy (non-hydrogen) atoms. The molecule has 2 aliphatic rings. The fourth-order valence-corrected chi connectivity index (χ4v) is 3.88. The van der Waals surface area contributed by atoms with Gasteiger partial charge >= 0.3 is 5.97 Å². The third-order valence-corrected chi connectivity index (χ3v) is 5.26. The maximum absolute atomic E-state index is 12.3. The van der Waals surface area contributed by atoms with E-state index in [-0.39, 0.29) is 17.8 Å². The van der Waals surface area contributed by atoms with Crippen molar-refractivity contribution in [3.8, 4) is 0 Å². The van der Waals surface area contributed by atoms with Crippen molar-refractivity contribution in [3.05, 3.63) is 47.5 Å². The number of fused-ring (bicyclic) bond motifs is 1. The average Bonchev–Trinajstić information content (AvgIpc) is 3.03. The van der Waals surface area contributed by atoms with Crippen LogP contribution in [0.4, 0.5) is 0 Å². The summed E-state index contributed by atoms with van der Waals surface area (Å²) in [5.41, 5.74) is 2.43. The van der Waals surface area contributed by atoms with E-state index < -0.39 is 5.41 Å². The number of carbonyl (C=O) groups is 2. The molecule has 1 saturated carbocycles. The Morgan fingerprint density at radius 2 is 2.12 bits per heavy atom. The van der Waals surface area contributed by atoms with Crippen LogP contribution in [0.25, 0.3) is 0 Å². The predicted molar refractivity (Wildman–Crippen MR) is 92.6 cm³/mol. The lowest BCUT2D eigenvalue weighted by molar-refractivity contribution is -0.146. The first-order valence-electron chi connectivity index (χ1n) is 8.76. The van der Waals surface area contributed by atoms with E-state index >= 15 is 0 Å². The summed E-state index contributed by atoms with van der Waals surface area (Å²) in [4.78, 5) is 24.4. The van der Waals surface area contributed by atoms with Crippen LogP contribution in [0.1, 0.15) is 48.5 Å². The summed E-state index contributed by atoms with van der Waals surface area (Å²) < 4.78 is 5.32. The first-order valence-corrected chi connectivity index (χ1v) is 8.76. The number of rotatable bonds is 6. The molecule has 2 fully saturated rings. The van der Waals surface area contributed by atoms with Crippen LogP contribution in [0.3, 0.4) is 0 Å². The molecular formula is C20H25NO3. The van der Waals surface area contributed by atoms with Crippen LogP contribution in [0.5, 0.6) is 0 Å². The third kappa shape index (κ3) is 3.10. The molecule has 3 rings (SSSR count). The summed E-state index contributed by atoms with van der Waals surface area (Å²) in [5, 5.41) is 2.92. The highest BCUT2D eigenvalue weighted by Crippen LogP contribution is 2.52. The van der Waals surface area contributed by atoms with E-state index in [9.17, 15) is 9.59 Å². The van der Waals surface area contributed by atoms with E-state index in [1.165, 1.54) is 0 Å². The zero-order valence-corrected chi connectivity index (χ0v) is 14.3. The highest BCUT2D eigenvalue weighted by molar-refractivity contribution is 5.94. The highest BCUT2D eigenvalue weighted by atomic mass is 16.5. The van der Waals surface area contributed by atoms with Gasteiger partial charge < -0.3 is 10.1 Å². The lowest BCUT2D eigenvalue weighted by Gasteiger charge is -2.24. The number of benzene rings is 1. The van der Waals surface area contributed by atoms with E-state index in [4.69, 9.17) is 4.74 Å². The largest absolute Gasteiger partial charge is 0.465 e. The van der Waals surface area contributed by atoms with E-state index in [2.05, 4.69) is 18.8 Å². The quantitative estimate of drug-likeness (QED) is 0.496. The second-order valence-electron chi connectivity index (χ2n) is 7.07. The number of allylic oxidation sites excluding steroid dienone is 1. The lowest BCUT2D eigenvalue weighted by atomic mass is 9.75. The fourth-order valence-electron chi connectivity index (χ4n) is 3.88. The number of carbonyl (C=O) groups excluding carboxylic acids is 2. The van der Waals surface area contributed by atoms with Crippen molar-refractivity contribution in [2.45, 2.75) is 39.0 Å². The van der Waals surface area contributed by atoms with Crippen molar-refractivity contribution in [2.75, 3.05) is 13.2 Å². The average molecular weight is 327 g/mol. The summed E-state index contributed by atoms with van der Waals surface area (Å²) in [6.45, 7) is 7.38. The fraction of sp³-hybridized carbons (Fsp3) is 0.500. The van der Waals surface area contributed by atoms with Crippen LogP contribution in [-0.2, 0) is 16.0 Å². The molecule has 2 atom stereocenters. The zero-order valence-electron chi connectivity index (χ0n) is 14.3. The molecule has 1 heterocycles. The molecule has 0 bridgehead atoms. The van der Waals surface area contributed by atoms with Gasteiger partial charge in [-0.15, -0.1) is 0 Å². The van der Waals surface area contributed by atoms with Crippen LogP contribution < -0.4 is 5.32 Å². The summed E-state index contributed by atoms with van der Waals surface area (Å²) in [6, 6.07) is 7.58. The van der Waals surface area contributed by atoms with Gasteiger partial charge in [-0.25, -0.2) is 0 Å². The van der Waals surface area contributed by atoms with Crippen molar-refractivity contribution in [1.82, 2.24) is 5.32 Å². The van der Waals surface area contributed by atoms with Crippen LogP contribution in [-0.4, -0.2) is 25.0 Å². The minimum atomic E-state index is -0.442. The molecule has 4 nitrogen and oxygen atoms in total.